The number of hydrogen-bond donors (Lipinski definition) is 2. The Morgan fingerprint density at radius 3 is 2.74 bits per heavy atom. The maximum absolute atomic E-state index is 12.7. The summed E-state index contributed by atoms with van der Waals surface area (Å²) in [6, 6.07) is 3.39. The predicted molar refractivity (Wildman–Crippen MR) is 105 cm³/mol. The van der Waals surface area contributed by atoms with Crippen LogP contribution in [-0.2, 0) is 4.79 Å². The molecule has 1 aliphatic rings. The summed E-state index contributed by atoms with van der Waals surface area (Å²) < 4.78 is 0. The predicted octanol–water partition coefficient (Wildman–Crippen LogP) is 2.48. The number of carbonyl (C=O) groups is 2. The maximum Gasteiger partial charge on any atom is 0.255 e. The Bertz CT molecular complexity index is 606. The van der Waals surface area contributed by atoms with E-state index in [2.05, 4.69) is 31.1 Å². The number of rotatable bonds is 8. The Morgan fingerprint density at radius 2 is 2.15 bits per heavy atom. The molecule has 0 aliphatic carbocycles. The average Bonchev–Trinajstić information content (AvgIpc) is 2.67. The van der Waals surface area contributed by atoms with Crippen molar-refractivity contribution in [2.75, 3.05) is 19.7 Å². The van der Waals surface area contributed by atoms with E-state index in [-0.39, 0.29) is 30.4 Å². The van der Waals surface area contributed by atoms with Crippen LogP contribution < -0.4 is 5.32 Å². The molecule has 27 heavy (non-hydrogen) atoms. The maximum atomic E-state index is 12.7. The van der Waals surface area contributed by atoms with Gasteiger partial charge in [-0.2, -0.15) is 0 Å². The lowest BCUT2D eigenvalue weighted by atomic mass is 9.81. The second kappa shape index (κ2) is 10.4. The van der Waals surface area contributed by atoms with Gasteiger partial charge in [0.15, 0.2) is 0 Å². The van der Waals surface area contributed by atoms with E-state index in [4.69, 9.17) is 0 Å². The third kappa shape index (κ3) is 6.31. The van der Waals surface area contributed by atoms with Crippen molar-refractivity contribution in [3.8, 4) is 0 Å². The van der Waals surface area contributed by atoms with Crippen molar-refractivity contribution in [2.45, 2.75) is 52.5 Å². The molecule has 0 aromatic carbocycles. The minimum Gasteiger partial charge on any atom is -0.394 e. The Balaban J connectivity index is 1.91. The highest BCUT2D eigenvalue weighted by Gasteiger charge is 2.32. The molecule has 1 aliphatic heterocycles. The number of pyridine rings is 1. The summed E-state index contributed by atoms with van der Waals surface area (Å²) >= 11 is 0. The van der Waals surface area contributed by atoms with Crippen LogP contribution in [0, 0.1) is 17.8 Å². The van der Waals surface area contributed by atoms with E-state index in [1.54, 1.807) is 24.5 Å². The number of nitrogens with one attached hydrogen (secondary N) is 1. The Hall–Kier alpha value is -1.95. The molecule has 2 rings (SSSR count). The first-order valence-corrected chi connectivity index (χ1v) is 10.0. The summed E-state index contributed by atoms with van der Waals surface area (Å²) in [5.74, 6) is 1.02. The van der Waals surface area contributed by atoms with Crippen molar-refractivity contribution >= 4 is 11.8 Å². The molecule has 2 heterocycles. The molecule has 1 aromatic rings. The van der Waals surface area contributed by atoms with Gasteiger partial charge in [0, 0.05) is 31.9 Å². The second-order valence-corrected chi connectivity index (χ2v) is 7.99. The van der Waals surface area contributed by atoms with Crippen molar-refractivity contribution in [3.05, 3.63) is 30.1 Å². The SMILES string of the molecule is CC[C@H]1CN(C(=O)c2cccnc2)CC[C@H]1CC(=O)N[C@@H](CO)CC(C)C. The molecule has 1 fully saturated rings. The standard InChI is InChI=1S/C21H33N3O3/c1-4-16-13-24(21(27)18-6-5-8-22-12-18)9-7-17(16)11-20(26)23-19(14-25)10-15(2)3/h5-6,8,12,15-17,19,25H,4,7,9-11,13-14H2,1-3H3,(H,23,26)/t16-,17-,19+/m0/s1. The van der Waals surface area contributed by atoms with Gasteiger partial charge in [0.05, 0.1) is 18.2 Å². The van der Waals surface area contributed by atoms with Gasteiger partial charge in [-0.3, -0.25) is 14.6 Å². The number of piperidine rings is 1. The van der Waals surface area contributed by atoms with Gasteiger partial charge in [-0.05, 0) is 42.7 Å². The molecule has 6 heteroatoms. The smallest absolute Gasteiger partial charge is 0.255 e. The van der Waals surface area contributed by atoms with E-state index in [1.807, 2.05) is 4.90 Å². The number of likely N-dealkylation sites (tertiary alicyclic amines) is 1. The monoisotopic (exact) mass is 375 g/mol. The van der Waals surface area contributed by atoms with E-state index in [9.17, 15) is 14.7 Å². The molecule has 1 aromatic heterocycles. The lowest BCUT2D eigenvalue weighted by Crippen LogP contribution is -2.46. The number of amides is 2. The Morgan fingerprint density at radius 1 is 1.37 bits per heavy atom. The van der Waals surface area contributed by atoms with Crippen molar-refractivity contribution in [2.24, 2.45) is 17.8 Å². The fourth-order valence-electron chi connectivity index (χ4n) is 3.94. The van der Waals surface area contributed by atoms with Crippen molar-refractivity contribution in [1.29, 1.82) is 0 Å². The van der Waals surface area contributed by atoms with Crippen LogP contribution in [-0.4, -0.2) is 52.5 Å². The normalized spacial score (nSPS) is 21.1. The number of aliphatic hydroxyl groups is 1. The molecule has 150 valence electrons. The van der Waals surface area contributed by atoms with Crippen LogP contribution in [0.25, 0.3) is 0 Å². The zero-order valence-electron chi connectivity index (χ0n) is 16.7. The van der Waals surface area contributed by atoms with Crippen LogP contribution in [0.3, 0.4) is 0 Å². The van der Waals surface area contributed by atoms with Gasteiger partial charge in [0.2, 0.25) is 5.91 Å². The molecule has 0 saturated carbocycles. The van der Waals surface area contributed by atoms with Gasteiger partial charge in [0.25, 0.3) is 5.91 Å². The highest BCUT2D eigenvalue weighted by Crippen LogP contribution is 2.29. The van der Waals surface area contributed by atoms with Crippen molar-refractivity contribution in [1.82, 2.24) is 15.2 Å². The molecule has 3 atom stereocenters. The topological polar surface area (TPSA) is 82.5 Å². The molecule has 2 N–H and O–H groups in total. The number of aromatic nitrogens is 1. The summed E-state index contributed by atoms with van der Waals surface area (Å²) in [6.07, 6.45) is 6.26. The number of hydrogen-bond acceptors (Lipinski definition) is 4. The fourth-order valence-corrected chi connectivity index (χ4v) is 3.94. The van der Waals surface area contributed by atoms with E-state index in [0.717, 1.165) is 19.3 Å². The zero-order valence-corrected chi connectivity index (χ0v) is 16.7. The molecule has 1 saturated heterocycles. The highest BCUT2D eigenvalue weighted by molar-refractivity contribution is 5.94. The van der Waals surface area contributed by atoms with Gasteiger partial charge in [-0.1, -0.05) is 27.2 Å². The molecule has 2 amide bonds. The first-order valence-electron chi connectivity index (χ1n) is 10.0. The van der Waals surface area contributed by atoms with E-state index < -0.39 is 0 Å². The Kier molecular flexibility index (Phi) is 8.23. The van der Waals surface area contributed by atoms with Gasteiger partial charge >= 0.3 is 0 Å². The van der Waals surface area contributed by atoms with Crippen LogP contribution in [0.4, 0.5) is 0 Å². The van der Waals surface area contributed by atoms with Crippen molar-refractivity contribution < 1.29 is 14.7 Å². The van der Waals surface area contributed by atoms with Crippen LogP contribution in [0.2, 0.25) is 0 Å². The minimum atomic E-state index is -0.176. The van der Waals surface area contributed by atoms with E-state index in [0.29, 0.717) is 36.9 Å². The van der Waals surface area contributed by atoms with E-state index in [1.165, 1.54) is 0 Å². The zero-order chi connectivity index (χ0) is 19.8. The first-order chi connectivity index (χ1) is 12.9. The number of aliphatic hydroxyl groups excluding tert-OH is 1. The molecule has 6 nitrogen and oxygen atoms in total. The summed E-state index contributed by atoms with van der Waals surface area (Å²) in [7, 11) is 0. The minimum absolute atomic E-state index is 0.00480. The Labute approximate surface area is 162 Å². The quantitative estimate of drug-likeness (QED) is 0.731. The third-order valence-corrected chi connectivity index (χ3v) is 5.40. The summed E-state index contributed by atoms with van der Waals surface area (Å²) in [4.78, 5) is 31.0. The van der Waals surface area contributed by atoms with Gasteiger partial charge in [-0.15, -0.1) is 0 Å². The third-order valence-electron chi connectivity index (χ3n) is 5.40. The fraction of sp³-hybridized carbons (Fsp3) is 0.667. The molecule has 0 spiro atoms. The summed E-state index contributed by atoms with van der Waals surface area (Å²) in [5, 5.41) is 12.4. The number of carbonyl (C=O) groups excluding carboxylic acids is 2. The summed E-state index contributed by atoms with van der Waals surface area (Å²) in [5.41, 5.74) is 0.614. The number of nitrogens with zero attached hydrogens (tertiary/aromatic N) is 2. The lowest BCUT2D eigenvalue weighted by Gasteiger charge is -2.38. The largest absolute Gasteiger partial charge is 0.394 e. The molecule has 0 bridgehead atoms. The van der Waals surface area contributed by atoms with Crippen LogP contribution >= 0.6 is 0 Å². The van der Waals surface area contributed by atoms with E-state index >= 15 is 0 Å². The van der Waals surface area contributed by atoms with Crippen LogP contribution in [0.15, 0.2) is 24.5 Å². The van der Waals surface area contributed by atoms with Crippen LogP contribution in [0.1, 0.15) is 56.8 Å². The van der Waals surface area contributed by atoms with Gasteiger partial charge < -0.3 is 15.3 Å². The highest BCUT2D eigenvalue weighted by atomic mass is 16.3. The van der Waals surface area contributed by atoms with Crippen LogP contribution in [0.5, 0.6) is 0 Å². The first kappa shape index (κ1) is 21.4. The molecule has 0 radical (unpaired) electrons. The van der Waals surface area contributed by atoms with Crippen molar-refractivity contribution in [3.63, 3.8) is 0 Å². The molecule has 0 unspecified atom stereocenters. The summed E-state index contributed by atoms with van der Waals surface area (Å²) in [6.45, 7) is 7.59. The molecular formula is C21H33N3O3. The van der Waals surface area contributed by atoms with Gasteiger partial charge in [0.1, 0.15) is 0 Å². The lowest BCUT2D eigenvalue weighted by molar-refractivity contribution is -0.124. The molecular weight excluding hydrogens is 342 g/mol. The van der Waals surface area contributed by atoms with Gasteiger partial charge in [-0.25, -0.2) is 0 Å². The average molecular weight is 376 g/mol. The second-order valence-electron chi connectivity index (χ2n) is 7.99.